The van der Waals surface area contributed by atoms with Gasteiger partial charge in [0.05, 0.1) is 6.10 Å². The molecule has 0 radical (unpaired) electrons. The van der Waals surface area contributed by atoms with E-state index in [1.54, 1.807) is 19.1 Å². The standard InChI is InChI=1S/C14H20N2O2S/c1-10(18-3)7-8-13(17)16(2)12-6-4-5-11(9-12)14(15)19/h4-6,9-10H,7-8H2,1-3H3,(H2,15,19). The lowest BCUT2D eigenvalue weighted by molar-refractivity contribution is -0.118. The van der Waals surface area contributed by atoms with Crippen molar-refractivity contribution < 1.29 is 9.53 Å². The zero-order chi connectivity index (χ0) is 14.4. The summed E-state index contributed by atoms with van der Waals surface area (Å²) in [7, 11) is 3.39. The Morgan fingerprint density at radius 1 is 1.53 bits per heavy atom. The number of carbonyl (C=O) groups excluding carboxylic acids is 1. The third-order valence-electron chi connectivity index (χ3n) is 3.06. The van der Waals surface area contributed by atoms with Crippen molar-refractivity contribution >= 4 is 28.8 Å². The Bertz CT molecular complexity index is 463. The number of ether oxygens (including phenoxy) is 1. The molecule has 0 aliphatic carbocycles. The second kappa shape index (κ2) is 7.21. The van der Waals surface area contributed by atoms with E-state index in [0.29, 0.717) is 17.8 Å². The van der Waals surface area contributed by atoms with Gasteiger partial charge in [-0.25, -0.2) is 0 Å². The highest BCUT2D eigenvalue weighted by Crippen LogP contribution is 2.16. The van der Waals surface area contributed by atoms with Gasteiger partial charge in [-0.15, -0.1) is 0 Å². The maximum absolute atomic E-state index is 12.1. The van der Waals surface area contributed by atoms with Crippen LogP contribution in [0.3, 0.4) is 0 Å². The Balaban J connectivity index is 2.71. The molecule has 1 amide bonds. The van der Waals surface area contributed by atoms with Gasteiger partial charge in [-0.3, -0.25) is 4.79 Å². The first-order valence-corrected chi connectivity index (χ1v) is 6.55. The van der Waals surface area contributed by atoms with Crippen molar-refractivity contribution in [3.8, 4) is 0 Å². The Morgan fingerprint density at radius 3 is 2.79 bits per heavy atom. The van der Waals surface area contributed by atoms with Gasteiger partial charge in [0, 0.05) is 31.8 Å². The van der Waals surface area contributed by atoms with Crippen LogP contribution in [0.15, 0.2) is 24.3 Å². The molecule has 0 fully saturated rings. The lowest BCUT2D eigenvalue weighted by Gasteiger charge is -2.19. The molecule has 5 heteroatoms. The Kier molecular flexibility index (Phi) is 5.92. The molecule has 2 N–H and O–H groups in total. The normalized spacial score (nSPS) is 11.9. The van der Waals surface area contributed by atoms with Gasteiger partial charge in [-0.1, -0.05) is 24.4 Å². The molecule has 1 rings (SSSR count). The van der Waals surface area contributed by atoms with E-state index >= 15 is 0 Å². The predicted octanol–water partition coefficient (Wildman–Crippen LogP) is 2.10. The molecule has 0 aliphatic heterocycles. The number of hydrogen-bond acceptors (Lipinski definition) is 3. The maximum atomic E-state index is 12.1. The molecule has 0 aliphatic rings. The van der Waals surface area contributed by atoms with Crippen molar-refractivity contribution in [2.24, 2.45) is 5.73 Å². The zero-order valence-corrected chi connectivity index (χ0v) is 12.4. The van der Waals surface area contributed by atoms with Crippen molar-refractivity contribution in [3.05, 3.63) is 29.8 Å². The summed E-state index contributed by atoms with van der Waals surface area (Å²) < 4.78 is 5.13. The number of benzene rings is 1. The molecule has 0 saturated carbocycles. The fourth-order valence-electron chi connectivity index (χ4n) is 1.62. The summed E-state index contributed by atoms with van der Waals surface area (Å²) in [5, 5.41) is 0. The number of nitrogens with two attached hydrogens (primary N) is 1. The summed E-state index contributed by atoms with van der Waals surface area (Å²) in [6.45, 7) is 1.95. The van der Waals surface area contributed by atoms with Gasteiger partial charge in [0.2, 0.25) is 5.91 Å². The quantitative estimate of drug-likeness (QED) is 0.811. The van der Waals surface area contributed by atoms with Gasteiger partial charge >= 0.3 is 0 Å². The molecule has 19 heavy (non-hydrogen) atoms. The van der Waals surface area contributed by atoms with Gasteiger partial charge < -0.3 is 15.4 Å². The van der Waals surface area contributed by atoms with E-state index < -0.39 is 0 Å². The first-order valence-electron chi connectivity index (χ1n) is 6.15. The summed E-state index contributed by atoms with van der Waals surface area (Å²) >= 11 is 4.93. The summed E-state index contributed by atoms with van der Waals surface area (Å²) in [6.07, 6.45) is 1.23. The van der Waals surface area contributed by atoms with Crippen LogP contribution in [0.4, 0.5) is 5.69 Å². The number of hydrogen-bond donors (Lipinski definition) is 1. The Morgan fingerprint density at radius 2 is 2.21 bits per heavy atom. The second-order valence-electron chi connectivity index (χ2n) is 4.45. The van der Waals surface area contributed by atoms with E-state index in [9.17, 15) is 4.79 Å². The van der Waals surface area contributed by atoms with Gasteiger partial charge in [0.15, 0.2) is 0 Å². The SMILES string of the molecule is COC(C)CCC(=O)N(C)c1cccc(C(N)=S)c1. The average molecular weight is 280 g/mol. The fourth-order valence-corrected chi connectivity index (χ4v) is 1.75. The van der Waals surface area contributed by atoms with Crippen molar-refractivity contribution in [1.82, 2.24) is 0 Å². The molecule has 1 atom stereocenters. The van der Waals surface area contributed by atoms with Gasteiger partial charge in [-0.05, 0) is 25.5 Å². The number of methoxy groups -OCH3 is 1. The minimum atomic E-state index is 0.0454. The highest BCUT2D eigenvalue weighted by Gasteiger charge is 2.13. The number of rotatable bonds is 6. The third-order valence-corrected chi connectivity index (χ3v) is 3.29. The lowest BCUT2D eigenvalue weighted by atomic mass is 10.1. The second-order valence-corrected chi connectivity index (χ2v) is 4.89. The smallest absolute Gasteiger partial charge is 0.226 e. The molecule has 1 aromatic carbocycles. The topological polar surface area (TPSA) is 55.6 Å². The van der Waals surface area contributed by atoms with Crippen LogP contribution in [0.1, 0.15) is 25.3 Å². The first-order chi connectivity index (χ1) is 8.95. The summed E-state index contributed by atoms with van der Waals surface area (Å²) in [6, 6.07) is 7.35. The van der Waals surface area contributed by atoms with Crippen LogP contribution in [0.5, 0.6) is 0 Å². The minimum Gasteiger partial charge on any atom is -0.389 e. The molecule has 1 unspecified atom stereocenters. The summed E-state index contributed by atoms with van der Waals surface area (Å²) in [5.41, 5.74) is 7.14. The number of thiocarbonyl (C=S) groups is 1. The van der Waals surface area contributed by atoms with Crippen LogP contribution in [0, 0.1) is 0 Å². The molecule has 0 heterocycles. The van der Waals surface area contributed by atoms with Crippen molar-refractivity contribution in [2.75, 3.05) is 19.1 Å². The monoisotopic (exact) mass is 280 g/mol. The number of carbonyl (C=O) groups is 1. The Labute approximate surface area is 119 Å². The summed E-state index contributed by atoms with van der Waals surface area (Å²) in [4.78, 5) is 14.0. The molecule has 0 bridgehead atoms. The molecular formula is C14H20N2O2S. The van der Waals surface area contributed by atoms with Crippen LogP contribution in [-0.2, 0) is 9.53 Å². The molecule has 0 spiro atoms. The highest BCUT2D eigenvalue weighted by atomic mass is 32.1. The number of nitrogens with zero attached hydrogens (tertiary/aromatic N) is 1. The molecule has 1 aromatic rings. The van der Waals surface area contributed by atoms with E-state index in [4.69, 9.17) is 22.7 Å². The lowest BCUT2D eigenvalue weighted by Crippen LogP contribution is -2.27. The molecule has 0 aromatic heterocycles. The number of anilines is 1. The maximum Gasteiger partial charge on any atom is 0.226 e. The van der Waals surface area contributed by atoms with E-state index in [1.807, 2.05) is 31.2 Å². The third kappa shape index (κ3) is 4.61. The van der Waals surface area contributed by atoms with Gasteiger partial charge in [0.25, 0.3) is 0 Å². The Hall–Kier alpha value is -1.46. The molecule has 4 nitrogen and oxygen atoms in total. The van der Waals surface area contributed by atoms with E-state index in [0.717, 1.165) is 11.3 Å². The largest absolute Gasteiger partial charge is 0.389 e. The molecule has 104 valence electrons. The van der Waals surface area contributed by atoms with E-state index in [1.165, 1.54) is 0 Å². The average Bonchev–Trinajstić information content (AvgIpc) is 2.43. The van der Waals surface area contributed by atoms with Crippen molar-refractivity contribution in [3.63, 3.8) is 0 Å². The summed E-state index contributed by atoms with van der Waals surface area (Å²) in [5.74, 6) is 0.0454. The predicted molar refractivity (Wildman–Crippen MR) is 81.4 cm³/mol. The molecular weight excluding hydrogens is 260 g/mol. The van der Waals surface area contributed by atoms with Gasteiger partial charge in [0.1, 0.15) is 4.99 Å². The van der Waals surface area contributed by atoms with Crippen LogP contribution in [0.25, 0.3) is 0 Å². The zero-order valence-electron chi connectivity index (χ0n) is 11.6. The van der Waals surface area contributed by atoms with Crippen LogP contribution >= 0.6 is 12.2 Å². The van der Waals surface area contributed by atoms with E-state index in [-0.39, 0.29) is 12.0 Å². The van der Waals surface area contributed by atoms with Gasteiger partial charge in [-0.2, -0.15) is 0 Å². The first kappa shape index (κ1) is 15.6. The number of amides is 1. The fraction of sp³-hybridized carbons (Fsp3) is 0.429. The van der Waals surface area contributed by atoms with E-state index in [2.05, 4.69) is 0 Å². The highest BCUT2D eigenvalue weighted by molar-refractivity contribution is 7.80. The van der Waals surface area contributed by atoms with Crippen molar-refractivity contribution in [1.29, 1.82) is 0 Å². The van der Waals surface area contributed by atoms with Crippen LogP contribution < -0.4 is 10.6 Å². The van der Waals surface area contributed by atoms with Crippen molar-refractivity contribution in [2.45, 2.75) is 25.9 Å². The van der Waals surface area contributed by atoms with Crippen LogP contribution in [0.2, 0.25) is 0 Å². The van der Waals surface area contributed by atoms with Crippen LogP contribution in [-0.4, -0.2) is 31.2 Å². The minimum absolute atomic E-state index is 0.0454. The molecule has 0 saturated heterocycles.